The molecule has 3 rings (SSSR count). The van der Waals surface area contributed by atoms with Crippen LogP contribution in [0.4, 0.5) is 0 Å². The Hall–Kier alpha value is -2.83. The van der Waals surface area contributed by atoms with E-state index in [1.165, 1.54) is 6.33 Å². The highest BCUT2D eigenvalue weighted by Crippen LogP contribution is 2.18. The number of hydrogen-bond donors (Lipinski definition) is 1. The van der Waals surface area contributed by atoms with E-state index in [1.54, 1.807) is 18.5 Å². The van der Waals surface area contributed by atoms with Crippen LogP contribution in [0.25, 0.3) is 22.8 Å². The molecule has 0 aliphatic heterocycles. The van der Waals surface area contributed by atoms with Gasteiger partial charge in [0, 0.05) is 18.0 Å². The van der Waals surface area contributed by atoms with Crippen LogP contribution in [-0.4, -0.2) is 25.1 Å². The highest BCUT2D eigenvalue weighted by molar-refractivity contribution is 5.63. The van der Waals surface area contributed by atoms with Gasteiger partial charge in [0.25, 0.3) is 0 Å². The monoisotopic (exact) mass is 241 g/mol. The van der Waals surface area contributed by atoms with E-state index in [2.05, 4.69) is 29.6 Å². The average molecular weight is 241 g/mol. The van der Waals surface area contributed by atoms with Crippen molar-refractivity contribution in [3.8, 4) is 22.8 Å². The molecular formula is C11H7N5O2. The van der Waals surface area contributed by atoms with Crippen molar-refractivity contribution in [3.05, 3.63) is 47.5 Å². The molecule has 7 nitrogen and oxygen atoms in total. The lowest BCUT2D eigenvalue weighted by Crippen LogP contribution is -1.96. The van der Waals surface area contributed by atoms with Gasteiger partial charge in [-0.2, -0.15) is 0 Å². The van der Waals surface area contributed by atoms with Crippen LogP contribution in [0.2, 0.25) is 0 Å². The summed E-state index contributed by atoms with van der Waals surface area (Å²) in [4.78, 5) is 25.4. The first kappa shape index (κ1) is 10.3. The highest BCUT2D eigenvalue weighted by Gasteiger charge is 2.08. The van der Waals surface area contributed by atoms with Crippen LogP contribution in [0, 0.1) is 0 Å². The predicted octanol–water partition coefficient (Wildman–Crippen LogP) is 0.882. The van der Waals surface area contributed by atoms with Crippen molar-refractivity contribution < 1.29 is 4.52 Å². The number of pyridine rings is 1. The first-order chi connectivity index (χ1) is 8.83. The fraction of sp³-hybridized carbons (Fsp3) is 0. The molecule has 7 heteroatoms. The van der Waals surface area contributed by atoms with Crippen LogP contribution in [-0.2, 0) is 0 Å². The van der Waals surface area contributed by atoms with Gasteiger partial charge in [-0.1, -0.05) is 5.16 Å². The maximum atomic E-state index is 10.9. The molecule has 0 saturated carbocycles. The third-order valence-corrected chi connectivity index (χ3v) is 2.33. The van der Waals surface area contributed by atoms with Gasteiger partial charge in [0.1, 0.15) is 12.0 Å². The van der Waals surface area contributed by atoms with Crippen molar-refractivity contribution in [2.24, 2.45) is 0 Å². The zero-order valence-electron chi connectivity index (χ0n) is 9.07. The Morgan fingerprint density at radius 3 is 2.61 bits per heavy atom. The van der Waals surface area contributed by atoms with Crippen molar-refractivity contribution in [2.45, 2.75) is 0 Å². The number of H-pyrrole nitrogens is 1. The molecule has 88 valence electrons. The van der Waals surface area contributed by atoms with Crippen LogP contribution in [0.15, 0.2) is 46.2 Å². The maximum absolute atomic E-state index is 10.9. The third kappa shape index (κ3) is 1.88. The molecule has 0 aliphatic carbocycles. The van der Waals surface area contributed by atoms with Gasteiger partial charge < -0.3 is 0 Å². The number of aromatic nitrogens is 5. The van der Waals surface area contributed by atoms with Gasteiger partial charge >= 0.3 is 5.76 Å². The summed E-state index contributed by atoms with van der Waals surface area (Å²) in [6.07, 6.45) is 4.75. The Balaban J connectivity index is 2.07. The second-order valence-corrected chi connectivity index (χ2v) is 3.47. The van der Waals surface area contributed by atoms with Crippen LogP contribution < -0.4 is 5.76 Å². The van der Waals surface area contributed by atoms with Gasteiger partial charge in [-0.25, -0.2) is 14.8 Å². The van der Waals surface area contributed by atoms with Crippen molar-refractivity contribution in [2.75, 3.05) is 0 Å². The van der Waals surface area contributed by atoms with Crippen LogP contribution in [0.3, 0.4) is 0 Å². The smallest absolute Gasteiger partial charge is 0.296 e. The summed E-state index contributed by atoms with van der Waals surface area (Å²) in [6.45, 7) is 0. The minimum atomic E-state index is -0.617. The summed E-state index contributed by atoms with van der Waals surface area (Å²) in [6, 6.07) is 5.37. The van der Waals surface area contributed by atoms with Gasteiger partial charge in [0.15, 0.2) is 0 Å². The zero-order valence-corrected chi connectivity index (χ0v) is 9.07. The molecular weight excluding hydrogens is 234 g/mol. The van der Waals surface area contributed by atoms with E-state index in [9.17, 15) is 4.79 Å². The van der Waals surface area contributed by atoms with Gasteiger partial charge in [0.2, 0.25) is 5.82 Å². The molecule has 0 aliphatic rings. The lowest BCUT2D eigenvalue weighted by atomic mass is 10.2. The molecule has 0 amide bonds. The van der Waals surface area contributed by atoms with Crippen molar-refractivity contribution in [3.63, 3.8) is 0 Å². The molecule has 0 fully saturated rings. The molecule has 0 aromatic carbocycles. The molecule has 0 atom stereocenters. The molecule has 0 spiro atoms. The Morgan fingerprint density at radius 1 is 1.11 bits per heavy atom. The lowest BCUT2D eigenvalue weighted by molar-refractivity contribution is 0.387. The third-order valence-electron chi connectivity index (χ3n) is 2.33. The fourth-order valence-electron chi connectivity index (χ4n) is 1.51. The van der Waals surface area contributed by atoms with Crippen LogP contribution >= 0.6 is 0 Å². The summed E-state index contributed by atoms with van der Waals surface area (Å²) in [5, 5.41) is 3.58. The topological polar surface area (TPSA) is 97.6 Å². The Bertz CT molecular complexity index is 719. The van der Waals surface area contributed by atoms with E-state index in [0.717, 1.165) is 5.56 Å². The van der Waals surface area contributed by atoms with E-state index in [1.807, 2.05) is 12.1 Å². The summed E-state index contributed by atoms with van der Waals surface area (Å²) < 4.78 is 4.43. The second-order valence-electron chi connectivity index (χ2n) is 3.47. The quantitative estimate of drug-likeness (QED) is 0.715. The Kier molecular flexibility index (Phi) is 2.41. The van der Waals surface area contributed by atoms with E-state index in [-0.39, 0.29) is 5.82 Å². The number of nitrogens with zero attached hydrogens (tertiary/aromatic N) is 4. The van der Waals surface area contributed by atoms with Crippen molar-refractivity contribution in [1.82, 2.24) is 25.1 Å². The van der Waals surface area contributed by atoms with Crippen LogP contribution in [0.1, 0.15) is 0 Å². The maximum Gasteiger partial charge on any atom is 0.439 e. The molecule has 0 bridgehead atoms. The van der Waals surface area contributed by atoms with E-state index in [0.29, 0.717) is 11.4 Å². The van der Waals surface area contributed by atoms with Gasteiger partial charge in [0.05, 0.1) is 5.69 Å². The summed E-state index contributed by atoms with van der Waals surface area (Å²) in [5.74, 6) is -0.341. The molecule has 3 aromatic rings. The number of rotatable bonds is 2. The first-order valence-electron chi connectivity index (χ1n) is 5.12. The number of nitrogens with one attached hydrogen (secondary N) is 1. The molecule has 3 aromatic heterocycles. The summed E-state index contributed by atoms with van der Waals surface area (Å²) in [5.41, 5.74) is 2.11. The van der Waals surface area contributed by atoms with E-state index < -0.39 is 5.76 Å². The average Bonchev–Trinajstić information content (AvgIpc) is 2.87. The van der Waals surface area contributed by atoms with E-state index in [4.69, 9.17) is 0 Å². The van der Waals surface area contributed by atoms with Crippen molar-refractivity contribution in [1.29, 1.82) is 0 Å². The molecule has 0 saturated heterocycles. The second kappa shape index (κ2) is 4.21. The normalized spacial score (nSPS) is 10.4. The standard InChI is InChI=1S/C11H7N5O2/c17-11-15-10(16-18-11)9-5-8(13-6-14-9)7-1-3-12-4-2-7/h1-6H,(H,15,16,17). The zero-order chi connectivity index (χ0) is 12.4. The SMILES string of the molecule is O=c1[nH]c(-c2cc(-c3ccncc3)ncn2)no1. The molecule has 3 heterocycles. The van der Waals surface area contributed by atoms with Crippen LogP contribution in [0.5, 0.6) is 0 Å². The minimum Gasteiger partial charge on any atom is -0.296 e. The van der Waals surface area contributed by atoms with Gasteiger partial charge in [-0.15, -0.1) is 0 Å². The van der Waals surface area contributed by atoms with Gasteiger partial charge in [-0.05, 0) is 18.2 Å². The van der Waals surface area contributed by atoms with Crippen molar-refractivity contribution >= 4 is 0 Å². The number of aromatic amines is 1. The molecule has 0 radical (unpaired) electrons. The molecule has 18 heavy (non-hydrogen) atoms. The van der Waals surface area contributed by atoms with E-state index >= 15 is 0 Å². The molecule has 0 unspecified atom stereocenters. The lowest BCUT2D eigenvalue weighted by Gasteiger charge is -2.00. The number of hydrogen-bond acceptors (Lipinski definition) is 6. The Labute approximate surface area is 101 Å². The Morgan fingerprint density at radius 2 is 1.89 bits per heavy atom. The highest BCUT2D eigenvalue weighted by atomic mass is 16.5. The van der Waals surface area contributed by atoms with Gasteiger partial charge in [-0.3, -0.25) is 14.5 Å². The summed E-state index contributed by atoms with van der Waals surface area (Å²) >= 11 is 0. The molecule has 1 N–H and O–H groups in total. The minimum absolute atomic E-state index is 0.276. The predicted molar refractivity (Wildman–Crippen MR) is 61.4 cm³/mol. The fourth-order valence-corrected chi connectivity index (χ4v) is 1.51. The largest absolute Gasteiger partial charge is 0.439 e. The summed E-state index contributed by atoms with van der Waals surface area (Å²) in [7, 11) is 0. The first-order valence-corrected chi connectivity index (χ1v) is 5.12.